The third-order valence-electron chi connectivity index (χ3n) is 1.86. The van der Waals surface area contributed by atoms with E-state index in [1.165, 1.54) is 24.3 Å². The van der Waals surface area contributed by atoms with Crippen LogP contribution in [0.2, 0.25) is 0 Å². The van der Waals surface area contributed by atoms with Gasteiger partial charge in [-0.15, -0.1) is 0 Å². The molecular formula is C9H11NNaO6S. The average Bonchev–Trinajstić information content (AvgIpc) is 2.24. The van der Waals surface area contributed by atoms with Crippen molar-refractivity contribution in [2.75, 3.05) is 12.4 Å². The molecule has 0 amide bonds. The first kappa shape index (κ1) is 17.3. The van der Waals surface area contributed by atoms with Crippen LogP contribution in [0.5, 0.6) is 5.75 Å². The van der Waals surface area contributed by atoms with Crippen LogP contribution < -0.4 is 4.74 Å². The molecule has 0 aliphatic carbocycles. The third kappa shape index (κ3) is 6.92. The molecule has 0 atom stereocenters. The number of hydrogen-bond acceptors (Lipinski definition) is 5. The Morgan fingerprint density at radius 2 is 1.83 bits per heavy atom. The summed E-state index contributed by atoms with van der Waals surface area (Å²) in [6.07, 6.45) is 0.149. The van der Waals surface area contributed by atoms with Gasteiger partial charge in [0.1, 0.15) is 5.75 Å². The Bertz CT molecular complexity index is 486. The van der Waals surface area contributed by atoms with Gasteiger partial charge in [0.25, 0.3) is 15.8 Å². The van der Waals surface area contributed by atoms with E-state index in [0.717, 1.165) is 0 Å². The van der Waals surface area contributed by atoms with E-state index in [1.807, 2.05) is 0 Å². The molecule has 0 heterocycles. The van der Waals surface area contributed by atoms with E-state index in [9.17, 15) is 18.5 Å². The van der Waals surface area contributed by atoms with Crippen LogP contribution >= 0.6 is 0 Å². The van der Waals surface area contributed by atoms with Crippen molar-refractivity contribution < 1.29 is 22.6 Å². The summed E-state index contributed by atoms with van der Waals surface area (Å²) >= 11 is 0. The van der Waals surface area contributed by atoms with Crippen LogP contribution in [0, 0.1) is 10.1 Å². The van der Waals surface area contributed by atoms with Crippen LogP contribution in [0.1, 0.15) is 6.42 Å². The summed E-state index contributed by atoms with van der Waals surface area (Å²) in [5, 5.41) is 10.4. The number of benzene rings is 1. The summed E-state index contributed by atoms with van der Waals surface area (Å²) in [4.78, 5) is 9.83. The summed E-state index contributed by atoms with van der Waals surface area (Å²) in [6.45, 7) is 0.109. The van der Waals surface area contributed by atoms with Gasteiger partial charge in [-0.25, -0.2) is 0 Å². The van der Waals surface area contributed by atoms with Gasteiger partial charge in [0.05, 0.1) is 17.3 Å². The number of nitrogens with zero attached hydrogens (tertiary/aromatic N) is 1. The molecule has 0 fully saturated rings. The fraction of sp³-hybridized carbons (Fsp3) is 0.333. The van der Waals surface area contributed by atoms with Crippen LogP contribution in [-0.2, 0) is 10.1 Å². The van der Waals surface area contributed by atoms with Crippen molar-refractivity contribution in [3.63, 3.8) is 0 Å². The van der Waals surface area contributed by atoms with E-state index >= 15 is 0 Å². The van der Waals surface area contributed by atoms with Crippen molar-refractivity contribution in [3.8, 4) is 5.75 Å². The molecule has 0 spiro atoms. The van der Waals surface area contributed by atoms with E-state index in [-0.39, 0.29) is 54.0 Å². The Kier molecular flexibility index (Phi) is 7.41. The van der Waals surface area contributed by atoms with Crippen LogP contribution in [-0.4, -0.2) is 59.8 Å². The number of ether oxygens (including phenoxy) is 1. The molecule has 0 aliphatic rings. The minimum absolute atomic E-state index is 0. The Hall–Kier alpha value is -0.670. The smallest absolute Gasteiger partial charge is 0.269 e. The monoisotopic (exact) mass is 284 g/mol. The first-order valence-corrected chi connectivity index (χ1v) is 6.32. The molecular weight excluding hydrogens is 273 g/mol. The Morgan fingerprint density at radius 1 is 1.28 bits per heavy atom. The number of hydrogen-bond donors (Lipinski definition) is 1. The van der Waals surface area contributed by atoms with Crippen LogP contribution in [0.25, 0.3) is 0 Å². The van der Waals surface area contributed by atoms with E-state index in [2.05, 4.69) is 0 Å². The topological polar surface area (TPSA) is 107 Å². The predicted molar refractivity (Wildman–Crippen MR) is 65.4 cm³/mol. The molecule has 95 valence electrons. The molecule has 7 nitrogen and oxygen atoms in total. The van der Waals surface area contributed by atoms with E-state index in [0.29, 0.717) is 5.75 Å². The van der Waals surface area contributed by atoms with E-state index in [4.69, 9.17) is 9.29 Å². The quantitative estimate of drug-likeness (QED) is 0.273. The van der Waals surface area contributed by atoms with Crippen LogP contribution in [0.4, 0.5) is 5.69 Å². The molecule has 0 aliphatic heterocycles. The molecule has 0 unspecified atom stereocenters. The van der Waals surface area contributed by atoms with Gasteiger partial charge in [-0.2, -0.15) is 8.42 Å². The Balaban J connectivity index is 0.00000289. The van der Waals surface area contributed by atoms with Gasteiger partial charge in [-0.05, 0) is 18.6 Å². The molecule has 18 heavy (non-hydrogen) atoms. The second kappa shape index (κ2) is 7.70. The normalized spacial score (nSPS) is 10.5. The molecule has 0 bridgehead atoms. The van der Waals surface area contributed by atoms with Crippen molar-refractivity contribution in [2.45, 2.75) is 6.42 Å². The van der Waals surface area contributed by atoms with Gasteiger partial charge in [0.15, 0.2) is 0 Å². The number of nitro benzene ring substituents is 1. The zero-order chi connectivity index (χ0) is 12.9. The molecule has 1 N–H and O–H groups in total. The van der Waals surface area contributed by atoms with Gasteiger partial charge >= 0.3 is 0 Å². The summed E-state index contributed by atoms with van der Waals surface area (Å²) in [5.74, 6) is 0.0333. The van der Waals surface area contributed by atoms with Gasteiger partial charge in [0, 0.05) is 41.7 Å². The van der Waals surface area contributed by atoms with Gasteiger partial charge in [0.2, 0.25) is 0 Å². The number of non-ortho nitro benzene ring substituents is 1. The molecule has 0 aromatic heterocycles. The largest absolute Gasteiger partial charge is 0.494 e. The summed E-state index contributed by atoms with van der Waals surface area (Å²) in [7, 11) is -3.97. The maximum absolute atomic E-state index is 10.4. The van der Waals surface area contributed by atoms with Crippen LogP contribution in [0.3, 0.4) is 0 Å². The van der Waals surface area contributed by atoms with Crippen molar-refractivity contribution in [2.24, 2.45) is 0 Å². The van der Waals surface area contributed by atoms with Crippen molar-refractivity contribution >= 4 is 45.4 Å². The number of rotatable bonds is 6. The summed E-state index contributed by atoms with van der Waals surface area (Å²) < 4.78 is 34.4. The first-order valence-electron chi connectivity index (χ1n) is 4.71. The Morgan fingerprint density at radius 3 is 2.28 bits per heavy atom. The molecule has 9 heteroatoms. The molecule has 1 aromatic carbocycles. The van der Waals surface area contributed by atoms with Crippen LogP contribution in [0.15, 0.2) is 24.3 Å². The first-order chi connectivity index (χ1) is 7.88. The fourth-order valence-corrected chi connectivity index (χ4v) is 1.58. The zero-order valence-corrected chi connectivity index (χ0v) is 12.6. The SMILES string of the molecule is O=[N+]([O-])c1ccc(OCCCS(=O)(=O)O)cc1.[Na]. The van der Waals surface area contributed by atoms with E-state index in [1.54, 1.807) is 0 Å². The van der Waals surface area contributed by atoms with Gasteiger partial charge < -0.3 is 4.74 Å². The Labute approximate surface area is 126 Å². The van der Waals surface area contributed by atoms with E-state index < -0.39 is 15.0 Å². The van der Waals surface area contributed by atoms with Gasteiger partial charge in [-0.3, -0.25) is 14.7 Å². The maximum Gasteiger partial charge on any atom is 0.269 e. The molecule has 1 rings (SSSR count). The standard InChI is InChI=1S/C9H11NO6S.Na/c11-10(12)8-2-4-9(5-3-8)16-6-1-7-17(13,14)15;/h2-5H,1,6-7H2,(H,13,14,15);. The summed E-state index contributed by atoms with van der Waals surface area (Å²) in [6, 6.07) is 5.42. The number of nitro groups is 1. The molecule has 0 saturated carbocycles. The second-order valence-corrected chi connectivity index (χ2v) is 4.81. The molecule has 0 saturated heterocycles. The zero-order valence-electron chi connectivity index (χ0n) is 9.77. The molecule has 1 radical (unpaired) electrons. The average molecular weight is 284 g/mol. The molecule has 1 aromatic rings. The van der Waals surface area contributed by atoms with Crippen molar-refractivity contribution in [1.29, 1.82) is 0 Å². The van der Waals surface area contributed by atoms with Crippen molar-refractivity contribution in [1.82, 2.24) is 0 Å². The minimum atomic E-state index is -3.97. The predicted octanol–water partition coefficient (Wildman–Crippen LogP) is 0.871. The van der Waals surface area contributed by atoms with Gasteiger partial charge in [-0.1, -0.05) is 0 Å². The summed E-state index contributed by atoms with van der Waals surface area (Å²) in [5.41, 5.74) is -0.0460. The minimum Gasteiger partial charge on any atom is -0.494 e. The maximum atomic E-state index is 10.4. The third-order valence-corrected chi connectivity index (χ3v) is 2.67. The fourth-order valence-electron chi connectivity index (χ4n) is 1.10. The second-order valence-electron chi connectivity index (χ2n) is 3.24. The van der Waals surface area contributed by atoms with Crippen molar-refractivity contribution in [3.05, 3.63) is 34.4 Å².